The fraction of sp³-hybridized carbons (Fsp3) is 0.857. The van der Waals surface area contributed by atoms with E-state index < -0.39 is 22.8 Å². The van der Waals surface area contributed by atoms with Crippen LogP contribution in [0.4, 0.5) is 0 Å². The molecule has 22 nitrogen and oxygen atoms in total. The average Bonchev–Trinajstić information content (AvgIpc) is 3.30. The van der Waals surface area contributed by atoms with Crippen LogP contribution >= 0.6 is 0 Å². The van der Waals surface area contributed by atoms with Gasteiger partial charge >= 0.3 is 11.9 Å². The molecule has 0 atom stereocenters. The molecular formula is C42H78O22. The highest BCUT2D eigenvalue weighted by atomic mass is 16.6. The fourth-order valence-corrected chi connectivity index (χ4v) is 5.03. The Balaban J connectivity index is 6.17. The van der Waals surface area contributed by atoms with Gasteiger partial charge in [0.05, 0.1) is 222 Å². The highest BCUT2D eigenvalue weighted by Crippen LogP contribution is 2.25. The van der Waals surface area contributed by atoms with Crippen LogP contribution in [0.1, 0.15) is 0 Å². The molecule has 0 unspecified atom stereocenters. The number of aliphatic hydroxyl groups is 4. The van der Waals surface area contributed by atoms with Gasteiger partial charge in [0, 0.05) is 12.2 Å². The van der Waals surface area contributed by atoms with Gasteiger partial charge < -0.3 is 96.2 Å². The first kappa shape index (κ1) is 61.7. The van der Waals surface area contributed by atoms with Gasteiger partial charge in [0.2, 0.25) is 0 Å². The van der Waals surface area contributed by atoms with Crippen LogP contribution in [0, 0.1) is 10.8 Å². The van der Waals surface area contributed by atoms with E-state index in [9.17, 15) is 9.59 Å². The Morgan fingerprint density at radius 2 is 0.484 bits per heavy atom. The summed E-state index contributed by atoms with van der Waals surface area (Å²) < 4.78 is 91.2. The smallest absolute Gasteiger partial charge is 0.330 e. The molecule has 0 aromatic carbocycles. The molecule has 0 aromatic heterocycles. The van der Waals surface area contributed by atoms with E-state index in [1.807, 2.05) is 0 Å². The Morgan fingerprint density at radius 3 is 0.703 bits per heavy atom. The zero-order valence-corrected chi connectivity index (χ0v) is 37.7. The number of hydrogen-bond donors (Lipinski definition) is 4. The second kappa shape index (κ2) is 47.2. The van der Waals surface area contributed by atoms with Crippen molar-refractivity contribution in [2.24, 2.45) is 10.8 Å². The average molecular weight is 935 g/mol. The second-order valence-corrected chi connectivity index (χ2v) is 13.7. The van der Waals surface area contributed by atoms with E-state index in [4.69, 9.17) is 96.2 Å². The van der Waals surface area contributed by atoms with Crippen LogP contribution in [0.25, 0.3) is 0 Å². The maximum atomic E-state index is 11.3. The SMILES string of the molecule is C=CC(=O)OCCOCCOCC(COCCOCCO)(COCCOCCOC(=O)C=C)COCC(COCCOCCO)(COCCOCCO)COCCOCCOCCO. The fourth-order valence-electron chi connectivity index (χ4n) is 5.03. The van der Waals surface area contributed by atoms with Crippen molar-refractivity contribution in [3.05, 3.63) is 25.3 Å². The van der Waals surface area contributed by atoms with Crippen molar-refractivity contribution in [3.63, 3.8) is 0 Å². The number of carbonyl (C=O) groups is 2. The third-order valence-electron chi connectivity index (χ3n) is 8.09. The van der Waals surface area contributed by atoms with E-state index in [1.54, 1.807) is 0 Å². The van der Waals surface area contributed by atoms with Crippen LogP contribution in [-0.2, 0) is 85.4 Å². The van der Waals surface area contributed by atoms with Crippen molar-refractivity contribution in [2.45, 2.75) is 0 Å². The zero-order chi connectivity index (χ0) is 46.9. The lowest BCUT2D eigenvalue weighted by molar-refractivity contribution is -0.151. The summed E-state index contributed by atoms with van der Waals surface area (Å²) in [7, 11) is 0. The summed E-state index contributed by atoms with van der Waals surface area (Å²) in [5.41, 5.74) is -1.79. The topological polar surface area (TPSA) is 263 Å². The van der Waals surface area contributed by atoms with Crippen molar-refractivity contribution < 1.29 is 106 Å². The van der Waals surface area contributed by atoms with Gasteiger partial charge in [-0.15, -0.1) is 0 Å². The molecule has 0 aromatic rings. The normalized spacial score (nSPS) is 11.9. The Hall–Kier alpha value is -2.30. The minimum Gasteiger partial charge on any atom is -0.460 e. The maximum Gasteiger partial charge on any atom is 0.330 e. The predicted molar refractivity (Wildman–Crippen MR) is 227 cm³/mol. The summed E-state index contributed by atoms with van der Waals surface area (Å²) in [6, 6.07) is 0. The largest absolute Gasteiger partial charge is 0.460 e. The third kappa shape index (κ3) is 38.9. The summed E-state index contributed by atoms with van der Waals surface area (Å²) in [5.74, 6) is -1.10. The first-order valence-electron chi connectivity index (χ1n) is 21.5. The van der Waals surface area contributed by atoms with E-state index in [1.165, 1.54) is 0 Å². The molecule has 0 saturated heterocycles. The molecule has 4 N–H and O–H groups in total. The molecule has 0 fully saturated rings. The quantitative estimate of drug-likeness (QED) is 0.0311. The van der Waals surface area contributed by atoms with Crippen LogP contribution < -0.4 is 0 Å². The molecular weight excluding hydrogens is 856 g/mol. The number of carbonyl (C=O) groups excluding carboxylic acids is 2. The summed E-state index contributed by atoms with van der Waals surface area (Å²) in [4.78, 5) is 22.7. The molecule has 0 aliphatic heterocycles. The van der Waals surface area contributed by atoms with Crippen LogP contribution in [0.2, 0.25) is 0 Å². The molecule has 64 heavy (non-hydrogen) atoms. The van der Waals surface area contributed by atoms with Gasteiger partial charge in [0.1, 0.15) is 13.2 Å². The van der Waals surface area contributed by atoms with Gasteiger partial charge in [-0.1, -0.05) is 13.2 Å². The van der Waals surface area contributed by atoms with Crippen molar-refractivity contribution in [1.29, 1.82) is 0 Å². The standard InChI is InChI=1S/C42H78O22/c1-3-39(47)63-29-27-54-19-25-60-35-42(33-58-23-17-52-12-8-46,36-61-26-20-55-28-30-64-40(48)4-2)38-62-37-41(31-56-21-15-50-10-6-44,32-57-22-16-51-11-7-45)34-59-24-18-53-14-13-49-9-5-43/h3-4,43-46H,1-2,5-38H2. The van der Waals surface area contributed by atoms with Crippen LogP contribution in [-0.4, -0.2) is 257 Å². The van der Waals surface area contributed by atoms with Gasteiger partial charge in [0.15, 0.2) is 0 Å². The van der Waals surface area contributed by atoms with E-state index >= 15 is 0 Å². The number of hydrogen-bond acceptors (Lipinski definition) is 22. The molecule has 0 saturated carbocycles. The van der Waals surface area contributed by atoms with E-state index in [0.717, 1.165) is 12.2 Å². The first-order valence-corrected chi connectivity index (χ1v) is 21.5. The third-order valence-corrected chi connectivity index (χ3v) is 8.09. The molecule has 378 valence electrons. The molecule has 0 aliphatic rings. The lowest BCUT2D eigenvalue weighted by Crippen LogP contribution is -2.46. The van der Waals surface area contributed by atoms with Crippen LogP contribution in [0.5, 0.6) is 0 Å². The Morgan fingerprint density at radius 1 is 0.297 bits per heavy atom. The van der Waals surface area contributed by atoms with Crippen molar-refractivity contribution >= 4 is 11.9 Å². The van der Waals surface area contributed by atoms with Gasteiger partial charge in [-0.05, 0) is 0 Å². The highest BCUT2D eigenvalue weighted by molar-refractivity contribution is 5.81. The lowest BCUT2D eigenvalue weighted by Gasteiger charge is -2.37. The molecule has 0 aliphatic carbocycles. The van der Waals surface area contributed by atoms with Gasteiger partial charge in [0.25, 0.3) is 0 Å². The van der Waals surface area contributed by atoms with Gasteiger partial charge in [-0.2, -0.15) is 0 Å². The zero-order valence-electron chi connectivity index (χ0n) is 37.7. The van der Waals surface area contributed by atoms with E-state index in [0.29, 0.717) is 13.2 Å². The van der Waals surface area contributed by atoms with Crippen molar-refractivity contribution in [1.82, 2.24) is 0 Å². The van der Waals surface area contributed by atoms with Crippen LogP contribution in [0.3, 0.4) is 0 Å². The summed E-state index contributed by atoms with van der Waals surface area (Å²) in [6.45, 7) is 11.5. The highest BCUT2D eigenvalue weighted by Gasteiger charge is 2.37. The molecule has 0 spiro atoms. The number of aliphatic hydroxyl groups excluding tert-OH is 4. The van der Waals surface area contributed by atoms with Gasteiger partial charge in [-0.25, -0.2) is 9.59 Å². The van der Waals surface area contributed by atoms with Crippen LogP contribution in [0.15, 0.2) is 25.3 Å². The Labute approximate surface area is 378 Å². The van der Waals surface area contributed by atoms with Crippen molar-refractivity contribution in [2.75, 3.05) is 225 Å². The summed E-state index contributed by atoms with van der Waals surface area (Å²) in [6.07, 6.45) is 2.14. The molecule has 0 bridgehead atoms. The van der Waals surface area contributed by atoms with Crippen molar-refractivity contribution in [3.8, 4) is 0 Å². The summed E-state index contributed by atoms with van der Waals surface area (Å²) in [5, 5.41) is 36.3. The van der Waals surface area contributed by atoms with E-state index in [2.05, 4.69) is 13.2 Å². The van der Waals surface area contributed by atoms with E-state index in [-0.39, 0.29) is 211 Å². The summed E-state index contributed by atoms with van der Waals surface area (Å²) >= 11 is 0. The first-order chi connectivity index (χ1) is 31.4. The monoisotopic (exact) mass is 934 g/mol. The maximum absolute atomic E-state index is 11.3. The Bertz CT molecular complexity index is 1000. The molecule has 0 amide bonds. The minimum absolute atomic E-state index is 0.0547. The lowest BCUT2D eigenvalue weighted by atomic mass is 9.90. The molecule has 0 rings (SSSR count). The second-order valence-electron chi connectivity index (χ2n) is 13.7. The predicted octanol–water partition coefficient (Wildman–Crippen LogP) is -1.38. The number of ether oxygens (including phenoxy) is 16. The Kier molecular flexibility index (Phi) is 45.5. The molecule has 0 radical (unpaired) electrons. The molecule has 0 heterocycles. The molecule has 22 heteroatoms. The minimum atomic E-state index is -0.910. The number of esters is 2. The number of rotatable bonds is 53. The van der Waals surface area contributed by atoms with Gasteiger partial charge in [-0.3, -0.25) is 0 Å².